The van der Waals surface area contributed by atoms with Crippen LogP contribution in [0.4, 0.5) is 4.79 Å². The van der Waals surface area contributed by atoms with Gasteiger partial charge in [-0.15, -0.1) is 0 Å². The summed E-state index contributed by atoms with van der Waals surface area (Å²) < 4.78 is 16.6. The highest BCUT2D eigenvalue weighted by atomic mass is 16.6. The highest BCUT2D eigenvalue weighted by molar-refractivity contribution is 5.68. The molecule has 0 aromatic carbocycles. The van der Waals surface area contributed by atoms with Gasteiger partial charge in [-0.3, -0.25) is 0 Å². The van der Waals surface area contributed by atoms with E-state index in [1.165, 1.54) is 0 Å². The molecule has 0 aromatic rings. The van der Waals surface area contributed by atoms with Crippen molar-refractivity contribution in [3.8, 4) is 0 Å². The number of ether oxygens (including phenoxy) is 3. The van der Waals surface area contributed by atoms with Crippen molar-refractivity contribution in [1.82, 2.24) is 10.2 Å². The van der Waals surface area contributed by atoms with Gasteiger partial charge in [0, 0.05) is 44.8 Å². The van der Waals surface area contributed by atoms with Crippen molar-refractivity contribution in [2.24, 2.45) is 11.3 Å². The maximum Gasteiger partial charge on any atom is 0.410 e. The summed E-state index contributed by atoms with van der Waals surface area (Å²) in [5, 5.41) is 3.75. The predicted octanol–water partition coefficient (Wildman–Crippen LogP) is 2.66. The first-order valence-electron chi connectivity index (χ1n) is 9.53. The van der Waals surface area contributed by atoms with Crippen LogP contribution in [0.2, 0.25) is 0 Å². The molecule has 0 radical (unpaired) electrons. The molecular formula is C19H36N2O4. The Hall–Kier alpha value is -0.850. The van der Waals surface area contributed by atoms with E-state index in [4.69, 9.17) is 14.2 Å². The first kappa shape index (κ1) is 20.5. The van der Waals surface area contributed by atoms with Crippen molar-refractivity contribution in [2.75, 3.05) is 46.6 Å². The van der Waals surface area contributed by atoms with E-state index in [1.807, 2.05) is 25.7 Å². The van der Waals surface area contributed by atoms with Crippen molar-refractivity contribution >= 4 is 6.09 Å². The van der Waals surface area contributed by atoms with Gasteiger partial charge in [0.2, 0.25) is 0 Å². The van der Waals surface area contributed by atoms with Crippen molar-refractivity contribution in [3.63, 3.8) is 0 Å². The number of rotatable bonds is 5. The fourth-order valence-corrected chi connectivity index (χ4v) is 3.70. The second-order valence-electron chi connectivity index (χ2n) is 8.73. The summed E-state index contributed by atoms with van der Waals surface area (Å²) in [6.45, 7) is 12.7. The quantitative estimate of drug-likeness (QED) is 0.821. The SMILES string of the molecule is COCC1(CNC2CCOCC2C)CCN(C(=O)OC(C)(C)C)CC1. The first-order valence-corrected chi connectivity index (χ1v) is 9.53. The van der Waals surface area contributed by atoms with E-state index < -0.39 is 5.60 Å². The Morgan fingerprint density at radius 3 is 2.56 bits per heavy atom. The Kier molecular flexibility index (Phi) is 7.11. The highest BCUT2D eigenvalue weighted by Gasteiger charge is 2.38. The number of likely N-dealkylation sites (tertiary alicyclic amines) is 1. The Bertz CT molecular complexity index is 428. The van der Waals surface area contributed by atoms with Crippen LogP contribution < -0.4 is 5.32 Å². The van der Waals surface area contributed by atoms with E-state index in [1.54, 1.807) is 7.11 Å². The average Bonchev–Trinajstić information content (AvgIpc) is 2.53. The van der Waals surface area contributed by atoms with Crippen molar-refractivity contribution < 1.29 is 19.0 Å². The van der Waals surface area contributed by atoms with Crippen molar-refractivity contribution in [3.05, 3.63) is 0 Å². The fourth-order valence-electron chi connectivity index (χ4n) is 3.70. The smallest absolute Gasteiger partial charge is 0.410 e. The largest absolute Gasteiger partial charge is 0.444 e. The van der Waals surface area contributed by atoms with E-state index in [0.717, 1.165) is 58.7 Å². The summed E-state index contributed by atoms with van der Waals surface area (Å²) in [7, 11) is 1.76. The van der Waals surface area contributed by atoms with E-state index in [-0.39, 0.29) is 11.5 Å². The van der Waals surface area contributed by atoms with Gasteiger partial charge in [0.15, 0.2) is 0 Å². The molecule has 0 bridgehead atoms. The van der Waals surface area contributed by atoms with Crippen molar-refractivity contribution in [1.29, 1.82) is 0 Å². The standard InChI is InChI=1S/C19H36N2O4/c1-15-12-24-11-6-16(15)20-13-19(14-23-5)7-9-21(10-8-19)17(22)25-18(2,3)4/h15-16,20H,6-14H2,1-5H3. The summed E-state index contributed by atoms with van der Waals surface area (Å²) in [5.41, 5.74) is -0.357. The summed E-state index contributed by atoms with van der Waals surface area (Å²) in [6, 6.07) is 0.506. The molecule has 2 saturated heterocycles. The minimum Gasteiger partial charge on any atom is -0.444 e. The lowest BCUT2D eigenvalue weighted by atomic mass is 9.78. The molecule has 25 heavy (non-hydrogen) atoms. The van der Waals surface area contributed by atoms with Crippen molar-refractivity contribution in [2.45, 2.75) is 58.6 Å². The third-order valence-corrected chi connectivity index (χ3v) is 5.31. The van der Waals surface area contributed by atoms with Crippen LogP contribution in [0, 0.1) is 11.3 Å². The van der Waals surface area contributed by atoms with Gasteiger partial charge in [0.25, 0.3) is 0 Å². The summed E-state index contributed by atoms with van der Waals surface area (Å²) in [4.78, 5) is 14.1. The monoisotopic (exact) mass is 356 g/mol. The molecule has 0 spiro atoms. The van der Waals surface area contributed by atoms with E-state index in [2.05, 4.69) is 12.2 Å². The number of carbonyl (C=O) groups is 1. The predicted molar refractivity (Wildman–Crippen MR) is 97.7 cm³/mol. The molecule has 2 aliphatic rings. The number of carbonyl (C=O) groups excluding carboxylic acids is 1. The van der Waals surface area contributed by atoms with E-state index in [0.29, 0.717) is 12.0 Å². The third kappa shape index (κ3) is 6.12. The van der Waals surface area contributed by atoms with Crippen LogP contribution in [-0.4, -0.2) is 69.2 Å². The molecule has 2 rings (SSSR count). The normalized spacial score (nSPS) is 27.2. The third-order valence-electron chi connectivity index (χ3n) is 5.31. The number of amides is 1. The molecule has 2 unspecified atom stereocenters. The molecule has 2 atom stereocenters. The number of nitrogens with one attached hydrogen (secondary N) is 1. The zero-order chi connectivity index (χ0) is 18.5. The van der Waals surface area contributed by atoms with Gasteiger partial charge < -0.3 is 24.4 Å². The Morgan fingerprint density at radius 2 is 2.00 bits per heavy atom. The highest BCUT2D eigenvalue weighted by Crippen LogP contribution is 2.32. The van der Waals surface area contributed by atoms with Gasteiger partial charge in [-0.1, -0.05) is 6.92 Å². The lowest BCUT2D eigenvalue weighted by molar-refractivity contribution is -0.0120. The molecule has 6 nitrogen and oxygen atoms in total. The minimum absolute atomic E-state index is 0.0886. The van der Waals surface area contributed by atoms with Gasteiger partial charge in [-0.2, -0.15) is 0 Å². The minimum atomic E-state index is -0.446. The van der Waals surface area contributed by atoms with Gasteiger partial charge in [0.1, 0.15) is 5.60 Å². The zero-order valence-corrected chi connectivity index (χ0v) is 16.6. The van der Waals surface area contributed by atoms with Gasteiger partial charge in [-0.25, -0.2) is 4.79 Å². The van der Waals surface area contributed by atoms with Gasteiger partial charge >= 0.3 is 6.09 Å². The van der Waals surface area contributed by atoms with Crippen LogP contribution in [0.3, 0.4) is 0 Å². The molecule has 2 fully saturated rings. The maximum absolute atomic E-state index is 12.3. The number of methoxy groups -OCH3 is 1. The molecule has 2 aliphatic heterocycles. The van der Waals surface area contributed by atoms with E-state index >= 15 is 0 Å². The molecule has 1 N–H and O–H groups in total. The van der Waals surface area contributed by atoms with Gasteiger partial charge in [-0.05, 0) is 46.0 Å². The van der Waals surface area contributed by atoms with Gasteiger partial charge in [0.05, 0.1) is 13.2 Å². The molecule has 146 valence electrons. The first-order chi connectivity index (χ1) is 11.7. The number of hydrogen-bond donors (Lipinski definition) is 1. The number of hydrogen-bond acceptors (Lipinski definition) is 5. The lowest BCUT2D eigenvalue weighted by Crippen LogP contribution is -2.52. The topological polar surface area (TPSA) is 60.0 Å². The van der Waals surface area contributed by atoms with Crippen LogP contribution >= 0.6 is 0 Å². The summed E-state index contributed by atoms with van der Waals surface area (Å²) in [5.74, 6) is 0.537. The molecule has 2 heterocycles. The average molecular weight is 357 g/mol. The summed E-state index contributed by atoms with van der Waals surface area (Å²) in [6.07, 6.45) is 2.73. The summed E-state index contributed by atoms with van der Waals surface area (Å²) >= 11 is 0. The molecule has 0 aromatic heterocycles. The number of nitrogens with zero attached hydrogens (tertiary/aromatic N) is 1. The number of piperidine rings is 1. The second kappa shape index (κ2) is 8.69. The Balaban J connectivity index is 1.87. The Labute approximate surface area is 152 Å². The van der Waals surface area contributed by atoms with E-state index in [9.17, 15) is 4.79 Å². The second-order valence-corrected chi connectivity index (χ2v) is 8.73. The van der Waals surface area contributed by atoms with Crippen LogP contribution in [0.1, 0.15) is 47.0 Å². The van der Waals surface area contributed by atoms with Crippen LogP contribution in [-0.2, 0) is 14.2 Å². The zero-order valence-electron chi connectivity index (χ0n) is 16.6. The van der Waals surface area contributed by atoms with Crippen LogP contribution in [0.5, 0.6) is 0 Å². The van der Waals surface area contributed by atoms with Crippen LogP contribution in [0.15, 0.2) is 0 Å². The fraction of sp³-hybridized carbons (Fsp3) is 0.947. The maximum atomic E-state index is 12.3. The molecule has 1 amide bonds. The molecule has 0 aliphatic carbocycles. The molecular weight excluding hydrogens is 320 g/mol. The Morgan fingerprint density at radius 1 is 1.32 bits per heavy atom. The lowest BCUT2D eigenvalue weighted by Gasteiger charge is -2.43. The molecule has 0 saturated carbocycles. The molecule has 6 heteroatoms. The van der Waals surface area contributed by atoms with Crippen LogP contribution in [0.25, 0.3) is 0 Å².